The van der Waals surface area contributed by atoms with E-state index in [9.17, 15) is 9.59 Å². The lowest BCUT2D eigenvalue weighted by molar-refractivity contribution is -0.170. The number of ketones is 1. The Labute approximate surface area is 156 Å². The number of carbonyl (C=O) groups excluding carboxylic acids is 2. The molecule has 0 N–H and O–H groups in total. The molecule has 3 saturated carbocycles. The first-order valence-corrected chi connectivity index (χ1v) is 10.4. The van der Waals surface area contributed by atoms with E-state index in [1.807, 2.05) is 6.08 Å². The molecule has 0 aromatic heterocycles. The average molecular weight is 354 g/mol. The summed E-state index contributed by atoms with van der Waals surface area (Å²) < 4.78 is 5.88. The molecule has 0 aromatic rings. The van der Waals surface area contributed by atoms with Crippen molar-refractivity contribution >= 4 is 11.8 Å². The molecule has 0 amide bonds. The molecule has 4 aliphatic rings. The van der Waals surface area contributed by atoms with Crippen LogP contribution in [0.15, 0.2) is 11.6 Å². The maximum atomic E-state index is 11.8. The lowest BCUT2D eigenvalue weighted by atomic mass is 9.49. The summed E-state index contributed by atoms with van der Waals surface area (Å²) in [5.74, 6) is 5.49. The molecular formula is C23H30O3. The summed E-state index contributed by atoms with van der Waals surface area (Å²) in [5, 5.41) is 0. The molecule has 3 nitrogen and oxygen atoms in total. The van der Waals surface area contributed by atoms with Gasteiger partial charge in [-0.2, -0.15) is 0 Å². The fourth-order valence-corrected chi connectivity index (χ4v) is 7.36. The SMILES string of the molecule is C#C[C@]1(OC(C)=O)CC[C@H]2[C@@H]3CCC4=CC(=O)CC[C@@H]4[C@H]3CC[C@]21CC. The first kappa shape index (κ1) is 17.8. The van der Waals surface area contributed by atoms with E-state index in [-0.39, 0.29) is 11.4 Å². The van der Waals surface area contributed by atoms with Gasteiger partial charge in [-0.15, -0.1) is 6.42 Å². The summed E-state index contributed by atoms with van der Waals surface area (Å²) in [7, 11) is 0. The lowest BCUT2D eigenvalue weighted by Gasteiger charge is -2.56. The van der Waals surface area contributed by atoms with Crippen LogP contribution in [0, 0.1) is 41.4 Å². The van der Waals surface area contributed by atoms with E-state index in [0.29, 0.717) is 35.9 Å². The van der Waals surface area contributed by atoms with Crippen molar-refractivity contribution < 1.29 is 14.3 Å². The largest absolute Gasteiger partial charge is 0.445 e. The predicted molar refractivity (Wildman–Crippen MR) is 100 cm³/mol. The van der Waals surface area contributed by atoms with Crippen LogP contribution in [0.25, 0.3) is 0 Å². The van der Waals surface area contributed by atoms with E-state index in [0.717, 1.165) is 51.4 Å². The van der Waals surface area contributed by atoms with E-state index in [2.05, 4.69) is 12.8 Å². The number of carbonyl (C=O) groups is 2. The van der Waals surface area contributed by atoms with Gasteiger partial charge in [0.2, 0.25) is 0 Å². The van der Waals surface area contributed by atoms with Crippen LogP contribution in [0.1, 0.15) is 71.6 Å². The van der Waals surface area contributed by atoms with Crippen LogP contribution < -0.4 is 0 Å². The number of hydrogen-bond donors (Lipinski definition) is 0. The third-order valence-electron chi connectivity index (χ3n) is 8.30. The molecule has 140 valence electrons. The van der Waals surface area contributed by atoms with Crippen LogP contribution in [0.4, 0.5) is 0 Å². The second-order valence-electron chi connectivity index (χ2n) is 8.96. The van der Waals surface area contributed by atoms with Crippen molar-refractivity contribution in [3.8, 4) is 12.3 Å². The smallest absolute Gasteiger partial charge is 0.304 e. The molecule has 4 rings (SSSR count). The first-order chi connectivity index (χ1) is 12.5. The Morgan fingerprint density at radius 1 is 1.23 bits per heavy atom. The van der Waals surface area contributed by atoms with Gasteiger partial charge in [0.15, 0.2) is 11.4 Å². The Bertz CT molecular complexity index is 699. The minimum absolute atomic E-state index is 0.0692. The highest BCUT2D eigenvalue weighted by Crippen LogP contribution is 2.67. The number of allylic oxidation sites excluding steroid dienone is 1. The molecule has 0 aliphatic heterocycles. The standard InChI is InChI=1S/C23H30O3/c1-4-22-12-10-19-18-9-7-17(25)14-16(18)6-8-20(19)21(22)11-13-23(22,5-2)26-15(3)24/h2,14,18-21H,4,6-13H2,1,3H3/t18-,19+,20+,21-,22+,23-/m0/s1. The van der Waals surface area contributed by atoms with E-state index < -0.39 is 5.60 Å². The molecule has 26 heavy (non-hydrogen) atoms. The molecule has 0 saturated heterocycles. The van der Waals surface area contributed by atoms with Crippen molar-refractivity contribution in [3.05, 3.63) is 11.6 Å². The minimum Gasteiger partial charge on any atom is -0.445 e. The average Bonchev–Trinajstić information content (AvgIpc) is 2.95. The van der Waals surface area contributed by atoms with Gasteiger partial charge in [-0.3, -0.25) is 9.59 Å². The number of rotatable bonds is 2. The Morgan fingerprint density at radius 3 is 2.73 bits per heavy atom. The first-order valence-electron chi connectivity index (χ1n) is 10.4. The highest BCUT2D eigenvalue weighted by molar-refractivity contribution is 5.91. The maximum absolute atomic E-state index is 11.8. The van der Waals surface area contributed by atoms with Gasteiger partial charge in [0.05, 0.1) is 0 Å². The van der Waals surface area contributed by atoms with Gasteiger partial charge in [0.1, 0.15) is 0 Å². The molecule has 0 aromatic carbocycles. The van der Waals surface area contributed by atoms with E-state index in [1.165, 1.54) is 12.5 Å². The number of fused-ring (bicyclic) bond motifs is 5. The van der Waals surface area contributed by atoms with Crippen LogP contribution in [0.2, 0.25) is 0 Å². The molecule has 0 radical (unpaired) electrons. The van der Waals surface area contributed by atoms with Crippen molar-refractivity contribution in [2.75, 3.05) is 0 Å². The van der Waals surface area contributed by atoms with Gasteiger partial charge in [-0.1, -0.05) is 18.4 Å². The van der Waals surface area contributed by atoms with E-state index >= 15 is 0 Å². The van der Waals surface area contributed by atoms with Crippen LogP contribution in [0.3, 0.4) is 0 Å². The van der Waals surface area contributed by atoms with Gasteiger partial charge in [-0.25, -0.2) is 0 Å². The number of terminal acetylenes is 1. The highest BCUT2D eigenvalue weighted by Gasteiger charge is 2.65. The Hall–Kier alpha value is -1.56. The second-order valence-corrected chi connectivity index (χ2v) is 8.96. The van der Waals surface area contributed by atoms with Crippen LogP contribution in [-0.2, 0) is 14.3 Å². The van der Waals surface area contributed by atoms with Crippen molar-refractivity contribution in [1.82, 2.24) is 0 Å². The van der Waals surface area contributed by atoms with Gasteiger partial charge < -0.3 is 4.74 Å². The van der Waals surface area contributed by atoms with Gasteiger partial charge in [0, 0.05) is 18.8 Å². The van der Waals surface area contributed by atoms with Crippen LogP contribution in [-0.4, -0.2) is 17.4 Å². The summed E-state index contributed by atoms with van der Waals surface area (Å²) >= 11 is 0. The zero-order chi connectivity index (χ0) is 18.5. The lowest BCUT2D eigenvalue weighted by Crippen LogP contribution is -2.55. The van der Waals surface area contributed by atoms with E-state index in [1.54, 1.807) is 0 Å². The monoisotopic (exact) mass is 354 g/mol. The quantitative estimate of drug-likeness (QED) is 0.543. The Morgan fingerprint density at radius 2 is 2.04 bits per heavy atom. The maximum Gasteiger partial charge on any atom is 0.304 e. The second kappa shape index (κ2) is 6.25. The van der Waals surface area contributed by atoms with Crippen molar-refractivity contribution in [1.29, 1.82) is 0 Å². The molecule has 3 fully saturated rings. The molecular weight excluding hydrogens is 324 g/mol. The number of hydrogen-bond acceptors (Lipinski definition) is 3. The predicted octanol–water partition coefficient (Wildman–Crippen LogP) is 4.45. The third-order valence-corrected chi connectivity index (χ3v) is 8.30. The number of ether oxygens (including phenoxy) is 1. The Balaban J connectivity index is 1.68. The summed E-state index contributed by atoms with van der Waals surface area (Å²) in [4.78, 5) is 23.7. The molecule has 6 atom stereocenters. The van der Waals surface area contributed by atoms with Crippen molar-refractivity contribution in [2.45, 2.75) is 77.2 Å². The molecule has 0 unspecified atom stereocenters. The fourth-order valence-electron chi connectivity index (χ4n) is 7.36. The summed E-state index contributed by atoms with van der Waals surface area (Å²) in [5.41, 5.74) is 0.620. The molecule has 3 heteroatoms. The van der Waals surface area contributed by atoms with Gasteiger partial charge >= 0.3 is 5.97 Å². The topological polar surface area (TPSA) is 43.4 Å². The molecule has 0 spiro atoms. The summed E-state index contributed by atoms with van der Waals surface area (Å²) in [6.07, 6.45) is 17.0. The van der Waals surface area contributed by atoms with Gasteiger partial charge in [-0.05, 0) is 81.1 Å². The molecule has 4 aliphatic carbocycles. The van der Waals surface area contributed by atoms with Crippen LogP contribution in [0.5, 0.6) is 0 Å². The van der Waals surface area contributed by atoms with Crippen molar-refractivity contribution in [2.24, 2.45) is 29.1 Å². The normalized spacial score (nSPS) is 44.2. The number of esters is 1. The zero-order valence-electron chi connectivity index (χ0n) is 16.1. The Kier molecular flexibility index (Phi) is 4.29. The summed E-state index contributed by atoms with van der Waals surface area (Å²) in [6.45, 7) is 3.71. The van der Waals surface area contributed by atoms with Crippen LogP contribution >= 0.6 is 0 Å². The van der Waals surface area contributed by atoms with E-state index in [4.69, 9.17) is 11.2 Å². The zero-order valence-corrected chi connectivity index (χ0v) is 16.1. The molecule has 0 bridgehead atoms. The third kappa shape index (κ3) is 2.34. The van der Waals surface area contributed by atoms with Crippen molar-refractivity contribution in [3.63, 3.8) is 0 Å². The highest BCUT2D eigenvalue weighted by atomic mass is 16.6. The fraction of sp³-hybridized carbons (Fsp3) is 0.739. The summed E-state index contributed by atoms with van der Waals surface area (Å²) in [6, 6.07) is 0. The molecule has 0 heterocycles. The van der Waals surface area contributed by atoms with Gasteiger partial charge in [0.25, 0.3) is 0 Å². The minimum atomic E-state index is -0.720.